The molecule has 1 aromatic carbocycles. The molecule has 0 radical (unpaired) electrons. The van der Waals surface area contributed by atoms with E-state index in [0.29, 0.717) is 6.04 Å². The van der Waals surface area contributed by atoms with Gasteiger partial charge in [-0.15, -0.1) is 17.0 Å². The van der Waals surface area contributed by atoms with E-state index in [1.54, 1.807) is 0 Å². The van der Waals surface area contributed by atoms with E-state index in [0.717, 1.165) is 30.9 Å². The van der Waals surface area contributed by atoms with E-state index < -0.39 is 0 Å². The Morgan fingerprint density at radius 3 is 2.73 bits per heavy atom. The zero-order valence-corrected chi connectivity index (χ0v) is 10.2. The van der Waals surface area contributed by atoms with Gasteiger partial charge in [-0.3, -0.25) is 4.99 Å². The Kier molecular flexibility index (Phi) is 4.78. The van der Waals surface area contributed by atoms with E-state index in [2.05, 4.69) is 22.4 Å². The van der Waals surface area contributed by atoms with Crippen LogP contribution < -0.4 is 11.1 Å². The van der Waals surface area contributed by atoms with Gasteiger partial charge in [0.2, 0.25) is 0 Å². The van der Waals surface area contributed by atoms with Crippen molar-refractivity contribution in [1.29, 1.82) is 0 Å². The molecule has 0 saturated heterocycles. The van der Waals surface area contributed by atoms with Crippen LogP contribution in [0, 0.1) is 0 Å². The predicted octanol–water partition coefficient (Wildman–Crippen LogP) is 1.33. The number of benzene rings is 1. The van der Waals surface area contributed by atoms with Gasteiger partial charge >= 0.3 is 0 Å². The lowest BCUT2D eigenvalue weighted by molar-refractivity contribution is 0.610. The maximum Gasteiger partial charge on any atom is 0.128 e. The standard InChI is InChI=1S/C11H15N3.BrH/c12-7-6-10-8-13-11(14-10)9-4-2-1-3-5-9;/h1-5,10H,6-8,12H2,(H,13,14);1H/t10-;/m0./s1. The van der Waals surface area contributed by atoms with Crippen molar-refractivity contribution in [2.45, 2.75) is 12.5 Å². The summed E-state index contributed by atoms with van der Waals surface area (Å²) in [5.74, 6) is 1.00. The Hall–Kier alpha value is -0.870. The summed E-state index contributed by atoms with van der Waals surface area (Å²) in [6.07, 6.45) is 0.986. The summed E-state index contributed by atoms with van der Waals surface area (Å²) in [7, 11) is 0. The number of aliphatic imine (C=N–C) groups is 1. The fraction of sp³-hybridized carbons (Fsp3) is 0.364. The number of nitrogens with two attached hydrogens (primary N) is 1. The molecule has 0 unspecified atom stereocenters. The Labute approximate surface area is 101 Å². The molecular weight excluding hydrogens is 254 g/mol. The molecule has 0 amide bonds. The summed E-state index contributed by atoms with van der Waals surface area (Å²) in [5, 5.41) is 3.38. The first-order valence-corrected chi connectivity index (χ1v) is 4.96. The first-order chi connectivity index (χ1) is 6.90. The highest BCUT2D eigenvalue weighted by Gasteiger charge is 2.16. The fourth-order valence-electron chi connectivity index (χ4n) is 1.62. The number of hydrogen-bond donors (Lipinski definition) is 2. The molecule has 0 spiro atoms. The van der Waals surface area contributed by atoms with Crippen molar-refractivity contribution in [2.24, 2.45) is 10.7 Å². The lowest BCUT2D eigenvalue weighted by Crippen LogP contribution is -2.32. The average Bonchev–Trinajstić information content (AvgIpc) is 2.68. The number of hydrogen-bond acceptors (Lipinski definition) is 3. The Bertz CT molecular complexity index is 324. The summed E-state index contributed by atoms with van der Waals surface area (Å²) in [6, 6.07) is 10.6. The summed E-state index contributed by atoms with van der Waals surface area (Å²) in [5.41, 5.74) is 6.66. The van der Waals surface area contributed by atoms with Crippen LogP contribution in [0.25, 0.3) is 0 Å². The third-order valence-corrected chi connectivity index (χ3v) is 2.37. The molecule has 82 valence electrons. The molecule has 1 aliphatic rings. The van der Waals surface area contributed by atoms with E-state index in [4.69, 9.17) is 5.73 Å². The van der Waals surface area contributed by atoms with Crippen LogP contribution in [0.1, 0.15) is 12.0 Å². The molecule has 3 nitrogen and oxygen atoms in total. The smallest absolute Gasteiger partial charge is 0.128 e. The minimum absolute atomic E-state index is 0. The number of nitrogens with zero attached hydrogens (tertiary/aromatic N) is 1. The first-order valence-electron chi connectivity index (χ1n) is 4.96. The monoisotopic (exact) mass is 269 g/mol. The van der Waals surface area contributed by atoms with Crippen molar-refractivity contribution in [3.63, 3.8) is 0 Å². The van der Waals surface area contributed by atoms with Crippen molar-refractivity contribution < 1.29 is 0 Å². The fourth-order valence-corrected chi connectivity index (χ4v) is 1.62. The molecule has 1 atom stereocenters. The third kappa shape index (κ3) is 3.04. The molecule has 2 rings (SSSR count). The summed E-state index contributed by atoms with van der Waals surface area (Å²) < 4.78 is 0. The zero-order chi connectivity index (χ0) is 9.80. The van der Waals surface area contributed by atoms with Crippen LogP contribution in [-0.4, -0.2) is 25.0 Å². The molecular formula is C11H16BrN3. The van der Waals surface area contributed by atoms with E-state index in [9.17, 15) is 0 Å². The van der Waals surface area contributed by atoms with Crippen molar-refractivity contribution in [3.8, 4) is 0 Å². The Morgan fingerprint density at radius 1 is 1.33 bits per heavy atom. The van der Waals surface area contributed by atoms with E-state index in [1.807, 2.05) is 18.2 Å². The van der Waals surface area contributed by atoms with E-state index in [1.165, 1.54) is 0 Å². The topological polar surface area (TPSA) is 50.4 Å². The highest BCUT2D eigenvalue weighted by molar-refractivity contribution is 8.93. The molecule has 0 aromatic heterocycles. The van der Waals surface area contributed by atoms with Gasteiger partial charge in [0.05, 0.1) is 6.54 Å². The van der Waals surface area contributed by atoms with Crippen LogP contribution >= 0.6 is 17.0 Å². The van der Waals surface area contributed by atoms with Gasteiger partial charge in [-0.05, 0) is 13.0 Å². The molecule has 0 saturated carbocycles. The Morgan fingerprint density at radius 2 is 2.07 bits per heavy atom. The molecule has 15 heavy (non-hydrogen) atoms. The molecule has 1 aliphatic heterocycles. The SMILES string of the molecule is Br.NCC[C@H]1CN=C(c2ccccc2)N1. The second-order valence-electron chi connectivity index (χ2n) is 3.47. The molecule has 1 aromatic rings. The maximum absolute atomic E-state index is 5.50. The second kappa shape index (κ2) is 5.88. The maximum atomic E-state index is 5.50. The van der Waals surface area contributed by atoms with Gasteiger partial charge in [0.25, 0.3) is 0 Å². The van der Waals surface area contributed by atoms with Crippen LogP contribution in [0.5, 0.6) is 0 Å². The first kappa shape index (κ1) is 12.2. The van der Waals surface area contributed by atoms with Gasteiger partial charge in [0, 0.05) is 11.6 Å². The number of halogens is 1. The van der Waals surface area contributed by atoms with Crippen LogP contribution in [-0.2, 0) is 0 Å². The third-order valence-electron chi connectivity index (χ3n) is 2.37. The van der Waals surface area contributed by atoms with Crippen molar-refractivity contribution in [3.05, 3.63) is 35.9 Å². The quantitative estimate of drug-likeness (QED) is 0.870. The van der Waals surface area contributed by atoms with Crippen molar-refractivity contribution >= 4 is 22.8 Å². The van der Waals surface area contributed by atoms with Gasteiger partial charge in [-0.1, -0.05) is 30.3 Å². The molecule has 1 heterocycles. The normalized spacial score (nSPS) is 19.0. The average molecular weight is 270 g/mol. The highest BCUT2D eigenvalue weighted by Crippen LogP contribution is 2.07. The second-order valence-corrected chi connectivity index (χ2v) is 3.47. The van der Waals surface area contributed by atoms with Crippen LogP contribution in [0.3, 0.4) is 0 Å². The van der Waals surface area contributed by atoms with Gasteiger partial charge in [0.15, 0.2) is 0 Å². The molecule has 0 aliphatic carbocycles. The summed E-state index contributed by atoms with van der Waals surface area (Å²) in [4.78, 5) is 4.46. The molecule has 4 heteroatoms. The molecule has 3 N–H and O–H groups in total. The Balaban J connectivity index is 0.00000112. The minimum Gasteiger partial charge on any atom is -0.365 e. The van der Waals surface area contributed by atoms with Gasteiger partial charge < -0.3 is 11.1 Å². The van der Waals surface area contributed by atoms with Gasteiger partial charge in [-0.2, -0.15) is 0 Å². The zero-order valence-electron chi connectivity index (χ0n) is 8.52. The van der Waals surface area contributed by atoms with Gasteiger partial charge in [-0.25, -0.2) is 0 Å². The van der Waals surface area contributed by atoms with E-state index in [-0.39, 0.29) is 17.0 Å². The van der Waals surface area contributed by atoms with Crippen molar-refractivity contribution in [2.75, 3.05) is 13.1 Å². The summed E-state index contributed by atoms with van der Waals surface area (Å²) >= 11 is 0. The lowest BCUT2D eigenvalue weighted by atomic mass is 10.2. The predicted molar refractivity (Wildman–Crippen MR) is 68.8 cm³/mol. The summed E-state index contributed by atoms with van der Waals surface area (Å²) in [6.45, 7) is 1.57. The largest absolute Gasteiger partial charge is 0.365 e. The highest BCUT2D eigenvalue weighted by atomic mass is 79.9. The lowest BCUT2D eigenvalue weighted by Gasteiger charge is -2.09. The van der Waals surface area contributed by atoms with Gasteiger partial charge in [0.1, 0.15) is 5.84 Å². The van der Waals surface area contributed by atoms with Crippen molar-refractivity contribution in [1.82, 2.24) is 5.32 Å². The number of rotatable bonds is 3. The van der Waals surface area contributed by atoms with Crippen LogP contribution in [0.4, 0.5) is 0 Å². The van der Waals surface area contributed by atoms with Crippen LogP contribution in [0.15, 0.2) is 35.3 Å². The van der Waals surface area contributed by atoms with E-state index >= 15 is 0 Å². The van der Waals surface area contributed by atoms with Crippen LogP contribution in [0.2, 0.25) is 0 Å². The molecule has 0 fully saturated rings. The number of nitrogens with one attached hydrogen (secondary N) is 1. The minimum atomic E-state index is 0. The number of amidine groups is 1. The molecule has 0 bridgehead atoms.